The normalized spacial score (nSPS) is 11.4. The zero-order valence-corrected chi connectivity index (χ0v) is 20.1. The van der Waals surface area contributed by atoms with Crippen LogP contribution in [0.5, 0.6) is 0 Å². The summed E-state index contributed by atoms with van der Waals surface area (Å²) in [5.74, 6) is 0.700. The Morgan fingerprint density at radius 3 is 2.28 bits per heavy atom. The van der Waals surface area contributed by atoms with Gasteiger partial charge >= 0.3 is 0 Å². The van der Waals surface area contributed by atoms with Gasteiger partial charge in [-0.1, -0.05) is 56.3 Å². The fraction of sp³-hybridized carbons (Fsp3) is 0.391. The maximum absolute atomic E-state index is 11.2. The molecule has 0 saturated heterocycles. The number of nitrogens with one attached hydrogen (secondary N) is 3. The van der Waals surface area contributed by atoms with E-state index in [1.165, 1.54) is 12.5 Å². The molecule has 3 N–H and O–H groups in total. The van der Waals surface area contributed by atoms with Gasteiger partial charge in [0.05, 0.1) is 0 Å². The number of guanidine groups is 1. The van der Waals surface area contributed by atoms with Crippen molar-refractivity contribution in [3.8, 4) is 0 Å². The number of carbonyl (C=O) groups excluding carboxylic acids is 1. The van der Waals surface area contributed by atoms with E-state index in [-0.39, 0.29) is 35.3 Å². The molecule has 0 saturated carbocycles. The number of hydrogen-bond donors (Lipinski definition) is 3. The number of carbonyl (C=O) groups is 1. The number of anilines is 1. The van der Waals surface area contributed by atoms with Crippen LogP contribution in [0.15, 0.2) is 59.6 Å². The van der Waals surface area contributed by atoms with Gasteiger partial charge in [0.2, 0.25) is 5.91 Å². The Bertz CT molecular complexity index is 788. The first kappa shape index (κ1) is 24.9. The predicted molar refractivity (Wildman–Crippen MR) is 133 cm³/mol. The number of amides is 1. The predicted octanol–water partition coefficient (Wildman–Crippen LogP) is 4.69. The summed E-state index contributed by atoms with van der Waals surface area (Å²) in [6.07, 6.45) is 2.10. The van der Waals surface area contributed by atoms with Crippen molar-refractivity contribution in [2.45, 2.75) is 45.6 Å². The van der Waals surface area contributed by atoms with E-state index < -0.39 is 0 Å². The smallest absolute Gasteiger partial charge is 0.221 e. The molecule has 158 valence electrons. The molecule has 2 aromatic rings. The molecule has 6 heteroatoms. The summed E-state index contributed by atoms with van der Waals surface area (Å²) in [6.45, 7) is 7.43. The van der Waals surface area contributed by atoms with Crippen LogP contribution in [0.25, 0.3) is 0 Å². The van der Waals surface area contributed by atoms with E-state index in [1.54, 1.807) is 7.05 Å². The van der Waals surface area contributed by atoms with Gasteiger partial charge in [0.1, 0.15) is 0 Å². The summed E-state index contributed by atoms with van der Waals surface area (Å²) in [5, 5.41) is 9.67. The fourth-order valence-corrected chi connectivity index (χ4v) is 3.42. The summed E-state index contributed by atoms with van der Waals surface area (Å²) in [6, 6.07) is 18.5. The highest BCUT2D eigenvalue weighted by atomic mass is 127. The largest absolute Gasteiger partial charge is 0.356 e. The van der Waals surface area contributed by atoms with Crippen LogP contribution in [0, 0.1) is 0 Å². The Morgan fingerprint density at radius 1 is 1.00 bits per heavy atom. The van der Waals surface area contributed by atoms with Crippen LogP contribution in [0.4, 0.5) is 5.69 Å². The second kappa shape index (κ2) is 12.5. The Kier molecular flexibility index (Phi) is 10.7. The fourth-order valence-electron chi connectivity index (χ4n) is 3.42. The van der Waals surface area contributed by atoms with Crippen LogP contribution in [-0.4, -0.2) is 25.5 Å². The number of rotatable bonds is 8. The van der Waals surface area contributed by atoms with Crippen LogP contribution in [0.2, 0.25) is 0 Å². The van der Waals surface area contributed by atoms with E-state index >= 15 is 0 Å². The molecule has 1 amide bonds. The molecule has 5 nitrogen and oxygen atoms in total. The lowest BCUT2D eigenvalue weighted by atomic mass is 9.76. The number of nitrogens with zero attached hydrogens (tertiary/aromatic N) is 1. The molecule has 0 aliphatic heterocycles. The Hall–Kier alpha value is -2.09. The van der Waals surface area contributed by atoms with Crippen molar-refractivity contribution in [2.24, 2.45) is 4.99 Å². The molecule has 0 radical (unpaired) electrons. The standard InChI is InChI=1S/C23H32N4O.HI/c1-5-23(6-2,20-12-8-7-9-13-20)17-26-22(24-4)25-16-19-11-10-14-21(15-19)27-18(3)28;/h7-15H,5-6,16-17H2,1-4H3,(H,27,28)(H2,24,25,26);1H. The second-order valence-corrected chi connectivity index (χ2v) is 7.01. The van der Waals surface area contributed by atoms with Gasteiger partial charge in [0, 0.05) is 38.2 Å². The van der Waals surface area contributed by atoms with Crippen molar-refractivity contribution in [1.29, 1.82) is 0 Å². The highest BCUT2D eigenvalue weighted by Crippen LogP contribution is 2.30. The SMILES string of the molecule is CCC(CC)(CNC(=NC)NCc1cccc(NC(C)=O)c1)c1ccccc1.I. The van der Waals surface area contributed by atoms with Crippen molar-refractivity contribution in [1.82, 2.24) is 10.6 Å². The molecule has 0 bridgehead atoms. The van der Waals surface area contributed by atoms with Crippen molar-refractivity contribution < 1.29 is 4.79 Å². The van der Waals surface area contributed by atoms with Gasteiger partial charge in [-0.3, -0.25) is 9.79 Å². The van der Waals surface area contributed by atoms with Gasteiger partial charge in [-0.15, -0.1) is 24.0 Å². The molecule has 0 aliphatic rings. The zero-order chi connectivity index (χ0) is 20.4. The minimum atomic E-state index is -0.0704. The molecule has 2 rings (SSSR count). The molecule has 0 atom stereocenters. The van der Waals surface area contributed by atoms with Gasteiger partial charge in [-0.25, -0.2) is 0 Å². The van der Waals surface area contributed by atoms with E-state index in [1.807, 2.05) is 24.3 Å². The average molecular weight is 508 g/mol. The quantitative estimate of drug-likeness (QED) is 0.276. The van der Waals surface area contributed by atoms with E-state index in [4.69, 9.17) is 0 Å². The molecule has 0 unspecified atom stereocenters. The topological polar surface area (TPSA) is 65.5 Å². The highest BCUT2D eigenvalue weighted by molar-refractivity contribution is 14.0. The lowest BCUT2D eigenvalue weighted by molar-refractivity contribution is -0.114. The summed E-state index contributed by atoms with van der Waals surface area (Å²) in [7, 11) is 1.78. The monoisotopic (exact) mass is 508 g/mol. The minimum Gasteiger partial charge on any atom is -0.356 e. The lowest BCUT2D eigenvalue weighted by Crippen LogP contribution is -2.45. The van der Waals surface area contributed by atoms with Crippen LogP contribution in [-0.2, 0) is 16.8 Å². The number of benzene rings is 2. The highest BCUT2D eigenvalue weighted by Gasteiger charge is 2.28. The minimum absolute atomic E-state index is 0. The third kappa shape index (κ3) is 7.34. The van der Waals surface area contributed by atoms with Crippen LogP contribution >= 0.6 is 24.0 Å². The average Bonchev–Trinajstić information content (AvgIpc) is 2.72. The first-order chi connectivity index (χ1) is 13.5. The Labute approximate surface area is 191 Å². The van der Waals surface area contributed by atoms with E-state index in [9.17, 15) is 4.79 Å². The van der Waals surface area contributed by atoms with Gasteiger partial charge in [-0.2, -0.15) is 0 Å². The first-order valence-corrected chi connectivity index (χ1v) is 9.89. The molecular weight excluding hydrogens is 475 g/mol. The van der Waals surface area contributed by atoms with Gasteiger partial charge in [-0.05, 0) is 36.1 Å². The summed E-state index contributed by atoms with van der Waals surface area (Å²) < 4.78 is 0. The maximum Gasteiger partial charge on any atom is 0.221 e. The van der Waals surface area contributed by atoms with Gasteiger partial charge < -0.3 is 16.0 Å². The van der Waals surface area contributed by atoms with E-state index in [0.29, 0.717) is 6.54 Å². The van der Waals surface area contributed by atoms with Crippen LogP contribution < -0.4 is 16.0 Å². The molecule has 0 fully saturated rings. The Morgan fingerprint density at radius 2 is 1.69 bits per heavy atom. The second-order valence-electron chi connectivity index (χ2n) is 7.01. The van der Waals surface area contributed by atoms with Crippen molar-refractivity contribution in [2.75, 3.05) is 18.9 Å². The molecule has 2 aromatic carbocycles. The molecule has 29 heavy (non-hydrogen) atoms. The summed E-state index contributed by atoms with van der Waals surface area (Å²) in [5.41, 5.74) is 3.31. The summed E-state index contributed by atoms with van der Waals surface area (Å²) in [4.78, 5) is 15.6. The summed E-state index contributed by atoms with van der Waals surface area (Å²) >= 11 is 0. The Balaban J connectivity index is 0.00000420. The number of aliphatic imine (C=N–C) groups is 1. The molecule has 0 aliphatic carbocycles. The van der Waals surface area contributed by atoms with Crippen molar-refractivity contribution in [3.05, 3.63) is 65.7 Å². The maximum atomic E-state index is 11.2. The van der Waals surface area contributed by atoms with Gasteiger partial charge in [0.25, 0.3) is 0 Å². The third-order valence-corrected chi connectivity index (χ3v) is 5.26. The molecule has 0 heterocycles. The molecule has 0 aromatic heterocycles. The number of hydrogen-bond acceptors (Lipinski definition) is 2. The first-order valence-electron chi connectivity index (χ1n) is 9.89. The van der Waals surface area contributed by atoms with Crippen LogP contribution in [0.3, 0.4) is 0 Å². The van der Waals surface area contributed by atoms with Crippen LogP contribution in [0.1, 0.15) is 44.7 Å². The van der Waals surface area contributed by atoms with Gasteiger partial charge in [0.15, 0.2) is 5.96 Å². The van der Waals surface area contributed by atoms with E-state index in [2.05, 4.69) is 65.1 Å². The lowest BCUT2D eigenvalue weighted by Gasteiger charge is -2.33. The zero-order valence-electron chi connectivity index (χ0n) is 17.8. The van der Waals surface area contributed by atoms with Crippen molar-refractivity contribution in [3.63, 3.8) is 0 Å². The molecular formula is C23H33IN4O. The number of halogens is 1. The van der Waals surface area contributed by atoms with Crippen molar-refractivity contribution >= 4 is 41.5 Å². The molecule has 0 spiro atoms. The van der Waals surface area contributed by atoms with E-state index in [0.717, 1.165) is 36.6 Å². The third-order valence-electron chi connectivity index (χ3n) is 5.26.